The zero-order valence-electron chi connectivity index (χ0n) is 13.5. The van der Waals surface area contributed by atoms with Gasteiger partial charge in [-0.05, 0) is 25.3 Å². The summed E-state index contributed by atoms with van der Waals surface area (Å²) in [7, 11) is 0. The van der Waals surface area contributed by atoms with Crippen LogP contribution in [0.25, 0.3) is 0 Å². The minimum atomic E-state index is -0.624. The Morgan fingerprint density at radius 3 is 2.65 bits per heavy atom. The molecule has 0 radical (unpaired) electrons. The third-order valence-corrected chi connectivity index (χ3v) is 3.95. The van der Waals surface area contributed by atoms with Gasteiger partial charge in [-0.2, -0.15) is 0 Å². The van der Waals surface area contributed by atoms with Crippen molar-refractivity contribution in [2.24, 2.45) is 0 Å². The van der Waals surface area contributed by atoms with E-state index in [2.05, 4.69) is 10.6 Å². The SMILES string of the molecule is CCCNC(=O)CCC1NC(=O)N(C(C)c2ccccc2)C1=O. The lowest BCUT2D eigenvalue weighted by Gasteiger charge is -2.21. The van der Waals surface area contributed by atoms with Crippen LogP contribution in [-0.2, 0) is 9.59 Å². The molecule has 1 fully saturated rings. The van der Waals surface area contributed by atoms with Gasteiger partial charge in [-0.1, -0.05) is 37.3 Å². The maximum atomic E-state index is 12.5. The van der Waals surface area contributed by atoms with E-state index in [4.69, 9.17) is 0 Å². The van der Waals surface area contributed by atoms with E-state index < -0.39 is 12.1 Å². The van der Waals surface area contributed by atoms with E-state index in [1.165, 1.54) is 4.90 Å². The maximum Gasteiger partial charge on any atom is 0.325 e. The summed E-state index contributed by atoms with van der Waals surface area (Å²) in [5.74, 6) is -0.363. The zero-order chi connectivity index (χ0) is 16.8. The summed E-state index contributed by atoms with van der Waals surface area (Å²) in [5, 5.41) is 5.44. The summed E-state index contributed by atoms with van der Waals surface area (Å²) in [6.45, 7) is 4.42. The standard InChI is InChI=1S/C17H23N3O3/c1-3-11-18-15(21)10-9-14-16(22)20(17(23)19-14)12(2)13-7-5-4-6-8-13/h4-8,12,14H,3,9-11H2,1-2H3,(H,18,21)(H,19,23). The van der Waals surface area contributed by atoms with Crippen molar-refractivity contribution in [2.45, 2.75) is 45.2 Å². The summed E-state index contributed by atoms with van der Waals surface area (Å²) in [6.07, 6.45) is 1.41. The lowest BCUT2D eigenvalue weighted by atomic mass is 10.1. The molecule has 2 unspecified atom stereocenters. The van der Waals surface area contributed by atoms with Gasteiger partial charge in [0.2, 0.25) is 5.91 Å². The van der Waals surface area contributed by atoms with E-state index in [1.807, 2.05) is 44.2 Å². The highest BCUT2D eigenvalue weighted by Crippen LogP contribution is 2.25. The Balaban J connectivity index is 1.96. The first-order valence-corrected chi connectivity index (χ1v) is 7.99. The quantitative estimate of drug-likeness (QED) is 0.755. The van der Waals surface area contributed by atoms with Gasteiger partial charge in [0.15, 0.2) is 0 Å². The number of nitrogens with zero attached hydrogens (tertiary/aromatic N) is 1. The topological polar surface area (TPSA) is 78.5 Å². The normalized spacial score (nSPS) is 18.7. The third-order valence-electron chi connectivity index (χ3n) is 3.95. The Morgan fingerprint density at radius 1 is 1.30 bits per heavy atom. The molecule has 2 rings (SSSR count). The molecule has 0 aromatic heterocycles. The van der Waals surface area contributed by atoms with Crippen LogP contribution in [0.1, 0.15) is 44.7 Å². The molecule has 1 aromatic carbocycles. The molecule has 6 nitrogen and oxygen atoms in total. The van der Waals surface area contributed by atoms with E-state index in [-0.39, 0.29) is 24.3 Å². The molecular weight excluding hydrogens is 294 g/mol. The van der Waals surface area contributed by atoms with E-state index in [0.717, 1.165) is 12.0 Å². The maximum absolute atomic E-state index is 12.5. The van der Waals surface area contributed by atoms with E-state index >= 15 is 0 Å². The molecule has 6 heteroatoms. The summed E-state index contributed by atoms with van der Waals surface area (Å²) < 4.78 is 0. The molecule has 0 spiro atoms. The highest BCUT2D eigenvalue weighted by atomic mass is 16.2. The Labute approximate surface area is 136 Å². The van der Waals surface area contributed by atoms with Crippen molar-refractivity contribution in [1.29, 1.82) is 0 Å². The molecule has 1 heterocycles. The number of carbonyl (C=O) groups excluding carboxylic acids is 3. The molecule has 2 atom stereocenters. The largest absolute Gasteiger partial charge is 0.356 e. The van der Waals surface area contributed by atoms with Crippen molar-refractivity contribution in [1.82, 2.24) is 15.5 Å². The second kappa shape index (κ2) is 7.76. The number of nitrogens with one attached hydrogen (secondary N) is 2. The summed E-state index contributed by atoms with van der Waals surface area (Å²) >= 11 is 0. The number of hydrogen-bond donors (Lipinski definition) is 2. The number of amides is 4. The van der Waals surface area contributed by atoms with Crippen LogP contribution in [0.5, 0.6) is 0 Å². The fraction of sp³-hybridized carbons (Fsp3) is 0.471. The smallest absolute Gasteiger partial charge is 0.325 e. The number of urea groups is 1. The van der Waals surface area contributed by atoms with Gasteiger partial charge >= 0.3 is 6.03 Å². The van der Waals surface area contributed by atoms with Gasteiger partial charge in [0, 0.05) is 13.0 Å². The Hall–Kier alpha value is -2.37. The molecule has 1 saturated heterocycles. The van der Waals surface area contributed by atoms with Crippen molar-refractivity contribution in [3.8, 4) is 0 Å². The summed E-state index contributed by atoms with van der Waals surface area (Å²) in [6, 6.07) is 8.06. The predicted octanol–water partition coefficient (Wildman–Crippen LogP) is 1.97. The Kier molecular flexibility index (Phi) is 5.73. The van der Waals surface area contributed by atoms with Crippen LogP contribution < -0.4 is 10.6 Å². The molecule has 23 heavy (non-hydrogen) atoms. The van der Waals surface area contributed by atoms with Crippen LogP contribution in [-0.4, -0.2) is 35.3 Å². The predicted molar refractivity (Wildman–Crippen MR) is 86.6 cm³/mol. The van der Waals surface area contributed by atoms with Crippen LogP contribution in [0.4, 0.5) is 4.79 Å². The second-order valence-corrected chi connectivity index (χ2v) is 5.69. The van der Waals surface area contributed by atoms with Crippen molar-refractivity contribution in [2.75, 3.05) is 6.54 Å². The Bertz CT molecular complexity index is 574. The van der Waals surface area contributed by atoms with Crippen LogP contribution in [0.2, 0.25) is 0 Å². The van der Waals surface area contributed by atoms with E-state index in [1.54, 1.807) is 0 Å². The third kappa shape index (κ3) is 4.09. The van der Waals surface area contributed by atoms with Gasteiger partial charge in [0.1, 0.15) is 6.04 Å². The molecule has 2 N–H and O–H groups in total. The highest BCUT2D eigenvalue weighted by molar-refractivity contribution is 6.04. The van der Waals surface area contributed by atoms with Gasteiger partial charge in [0.05, 0.1) is 6.04 Å². The second-order valence-electron chi connectivity index (χ2n) is 5.69. The fourth-order valence-corrected chi connectivity index (χ4v) is 2.62. The molecule has 4 amide bonds. The van der Waals surface area contributed by atoms with Crippen molar-refractivity contribution >= 4 is 17.8 Å². The molecule has 124 valence electrons. The molecule has 0 aliphatic carbocycles. The summed E-state index contributed by atoms with van der Waals surface area (Å²) in [4.78, 5) is 37.5. The van der Waals surface area contributed by atoms with Crippen LogP contribution >= 0.6 is 0 Å². The van der Waals surface area contributed by atoms with Crippen LogP contribution in [0.15, 0.2) is 30.3 Å². The van der Waals surface area contributed by atoms with Crippen LogP contribution in [0.3, 0.4) is 0 Å². The number of rotatable bonds is 7. The summed E-state index contributed by atoms with van der Waals surface area (Å²) in [5.41, 5.74) is 0.900. The fourth-order valence-electron chi connectivity index (χ4n) is 2.62. The minimum absolute atomic E-state index is 0.0940. The number of benzene rings is 1. The van der Waals surface area contributed by atoms with Gasteiger partial charge in [-0.15, -0.1) is 0 Å². The molecule has 1 aliphatic rings. The number of imide groups is 1. The van der Waals surface area contributed by atoms with Gasteiger partial charge < -0.3 is 10.6 Å². The highest BCUT2D eigenvalue weighted by Gasteiger charge is 2.40. The average molecular weight is 317 g/mol. The molecular formula is C17H23N3O3. The average Bonchev–Trinajstić information content (AvgIpc) is 2.85. The first-order chi connectivity index (χ1) is 11.0. The molecule has 0 bridgehead atoms. The Morgan fingerprint density at radius 2 is 2.00 bits per heavy atom. The molecule has 1 aliphatic heterocycles. The lowest BCUT2D eigenvalue weighted by Crippen LogP contribution is -2.34. The molecule has 0 saturated carbocycles. The first kappa shape index (κ1) is 17.0. The zero-order valence-corrected chi connectivity index (χ0v) is 13.5. The lowest BCUT2D eigenvalue weighted by molar-refractivity contribution is -0.129. The van der Waals surface area contributed by atoms with Crippen molar-refractivity contribution in [3.05, 3.63) is 35.9 Å². The van der Waals surface area contributed by atoms with E-state index in [9.17, 15) is 14.4 Å². The van der Waals surface area contributed by atoms with E-state index in [0.29, 0.717) is 13.0 Å². The van der Waals surface area contributed by atoms with Crippen molar-refractivity contribution in [3.63, 3.8) is 0 Å². The van der Waals surface area contributed by atoms with Crippen molar-refractivity contribution < 1.29 is 14.4 Å². The first-order valence-electron chi connectivity index (χ1n) is 7.99. The molecule has 1 aromatic rings. The van der Waals surface area contributed by atoms with Gasteiger partial charge in [-0.25, -0.2) is 4.79 Å². The monoisotopic (exact) mass is 317 g/mol. The van der Waals surface area contributed by atoms with Gasteiger partial charge in [0.25, 0.3) is 5.91 Å². The number of carbonyl (C=O) groups is 3. The van der Waals surface area contributed by atoms with Gasteiger partial charge in [-0.3, -0.25) is 14.5 Å². The minimum Gasteiger partial charge on any atom is -0.356 e. The van der Waals surface area contributed by atoms with Crippen LogP contribution in [0, 0.1) is 0 Å². The number of hydrogen-bond acceptors (Lipinski definition) is 3.